The number of aromatic hydroxyl groups is 1. The Labute approximate surface area is 153 Å². The maximum atomic E-state index is 9.88. The molecule has 0 bridgehead atoms. The minimum atomic E-state index is 0.218. The Morgan fingerprint density at radius 3 is 2.62 bits per heavy atom. The lowest BCUT2D eigenvalue weighted by Gasteiger charge is -2.29. The second kappa shape index (κ2) is 6.61. The van der Waals surface area contributed by atoms with Crippen LogP contribution in [0.2, 0.25) is 0 Å². The number of hydrogen-bond acceptors (Lipinski definition) is 5. The Balaban J connectivity index is 1.97. The predicted octanol–water partition coefficient (Wildman–Crippen LogP) is 3.53. The van der Waals surface area contributed by atoms with Crippen molar-refractivity contribution in [2.24, 2.45) is 0 Å². The number of ether oxygens (including phenoxy) is 1. The topological polar surface area (TPSA) is 63.4 Å². The summed E-state index contributed by atoms with van der Waals surface area (Å²) in [6, 6.07) is 9.57. The molecule has 0 aliphatic carbocycles. The first kappa shape index (κ1) is 16.8. The molecule has 26 heavy (non-hydrogen) atoms. The largest absolute Gasteiger partial charge is 0.508 e. The third-order valence-electron chi connectivity index (χ3n) is 4.80. The van der Waals surface area contributed by atoms with Gasteiger partial charge in [-0.15, -0.1) is 0 Å². The van der Waals surface area contributed by atoms with E-state index in [0.29, 0.717) is 0 Å². The van der Waals surface area contributed by atoms with Crippen molar-refractivity contribution in [1.29, 1.82) is 0 Å². The van der Waals surface area contributed by atoms with Crippen LogP contribution in [0.4, 0.5) is 5.69 Å². The summed E-state index contributed by atoms with van der Waals surface area (Å²) in [5, 5.41) is 15.7. The van der Waals surface area contributed by atoms with Crippen LogP contribution in [0.15, 0.2) is 30.3 Å². The van der Waals surface area contributed by atoms with Crippen molar-refractivity contribution in [2.75, 3.05) is 31.2 Å². The molecule has 6 nitrogen and oxygen atoms in total. The maximum Gasteiger partial charge on any atom is 0.161 e. The minimum Gasteiger partial charge on any atom is -0.508 e. The van der Waals surface area contributed by atoms with Crippen LogP contribution in [-0.2, 0) is 4.74 Å². The van der Waals surface area contributed by atoms with Gasteiger partial charge in [-0.1, -0.05) is 12.1 Å². The number of phenolic OH excluding ortho intramolecular Hbond substituents is 1. The lowest BCUT2D eigenvalue weighted by Crippen LogP contribution is -2.36. The molecule has 0 atom stereocenters. The van der Waals surface area contributed by atoms with Gasteiger partial charge in [-0.2, -0.15) is 5.10 Å². The summed E-state index contributed by atoms with van der Waals surface area (Å²) >= 11 is 0. The van der Waals surface area contributed by atoms with Gasteiger partial charge in [0.25, 0.3) is 0 Å². The molecule has 0 unspecified atom stereocenters. The second-order valence-corrected chi connectivity index (χ2v) is 7.00. The van der Waals surface area contributed by atoms with Gasteiger partial charge in [0.2, 0.25) is 0 Å². The molecule has 0 saturated carbocycles. The van der Waals surface area contributed by atoms with E-state index in [0.717, 1.165) is 60.0 Å². The van der Waals surface area contributed by atoms with E-state index in [-0.39, 0.29) is 11.8 Å². The van der Waals surface area contributed by atoms with Crippen molar-refractivity contribution in [3.05, 3.63) is 36.0 Å². The van der Waals surface area contributed by atoms with Crippen LogP contribution in [0.25, 0.3) is 22.3 Å². The molecule has 0 spiro atoms. The summed E-state index contributed by atoms with van der Waals surface area (Å²) in [5.41, 5.74) is 4.76. The number of rotatable bonds is 3. The highest BCUT2D eigenvalue weighted by atomic mass is 16.5. The average Bonchev–Trinajstić information content (AvgIpc) is 2.99. The van der Waals surface area contributed by atoms with Crippen LogP contribution in [0.3, 0.4) is 0 Å². The highest BCUT2D eigenvalue weighted by Gasteiger charge is 2.22. The Morgan fingerprint density at radius 2 is 1.92 bits per heavy atom. The van der Waals surface area contributed by atoms with Gasteiger partial charge in [-0.05, 0) is 39.0 Å². The van der Waals surface area contributed by atoms with Gasteiger partial charge in [0.15, 0.2) is 5.65 Å². The lowest BCUT2D eigenvalue weighted by atomic mass is 10.1. The number of morpholine rings is 1. The summed E-state index contributed by atoms with van der Waals surface area (Å²) < 4.78 is 7.51. The minimum absolute atomic E-state index is 0.218. The Bertz CT molecular complexity index is 942. The van der Waals surface area contributed by atoms with Gasteiger partial charge in [0, 0.05) is 24.7 Å². The summed E-state index contributed by atoms with van der Waals surface area (Å²) in [6.07, 6.45) is 0. The first-order valence-electron chi connectivity index (χ1n) is 9.06. The summed E-state index contributed by atoms with van der Waals surface area (Å²) in [4.78, 5) is 7.26. The third-order valence-corrected chi connectivity index (χ3v) is 4.80. The standard InChI is InChI=1S/C20H24N4O2/c1-13(2)24-20-19(14(3)22-24)18(23-7-9-26-10-8-23)12-17(21-20)15-5-4-6-16(25)11-15/h4-6,11-13,25H,7-10H2,1-3H3. The third kappa shape index (κ3) is 2.90. The Hall–Kier alpha value is -2.60. The lowest BCUT2D eigenvalue weighted by molar-refractivity contribution is 0.123. The van der Waals surface area contributed by atoms with Crippen LogP contribution < -0.4 is 4.90 Å². The number of nitrogens with zero attached hydrogens (tertiary/aromatic N) is 4. The summed E-state index contributed by atoms with van der Waals surface area (Å²) in [5.74, 6) is 0.242. The second-order valence-electron chi connectivity index (χ2n) is 7.00. The highest BCUT2D eigenvalue weighted by Crippen LogP contribution is 2.35. The number of fused-ring (bicyclic) bond motifs is 1. The van der Waals surface area contributed by atoms with E-state index in [4.69, 9.17) is 14.8 Å². The van der Waals surface area contributed by atoms with Gasteiger partial charge in [0.1, 0.15) is 5.75 Å². The molecule has 3 aromatic rings. The molecule has 2 aromatic heterocycles. The zero-order chi connectivity index (χ0) is 18.3. The van der Waals surface area contributed by atoms with Crippen molar-refractivity contribution in [3.8, 4) is 17.0 Å². The zero-order valence-corrected chi connectivity index (χ0v) is 15.4. The number of pyridine rings is 1. The fourth-order valence-corrected chi connectivity index (χ4v) is 3.52. The van der Waals surface area contributed by atoms with Crippen molar-refractivity contribution in [3.63, 3.8) is 0 Å². The fraction of sp³-hybridized carbons (Fsp3) is 0.400. The molecule has 1 N–H and O–H groups in total. The zero-order valence-electron chi connectivity index (χ0n) is 15.4. The van der Waals surface area contributed by atoms with E-state index in [1.165, 1.54) is 0 Å². The van der Waals surface area contributed by atoms with Crippen molar-refractivity contribution in [1.82, 2.24) is 14.8 Å². The van der Waals surface area contributed by atoms with Gasteiger partial charge in [-0.25, -0.2) is 9.67 Å². The summed E-state index contributed by atoms with van der Waals surface area (Å²) in [7, 11) is 0. The van der Waals surface area contributed by atoms with Crippen LogP contribution in [0.1, 0.15) is 25.6 Å². The number of phenols is 1. The molecule has 6 heteroatoms. The van der Waals surface area contributed by atoms with Gasteiger partial charge >= 0.3 is 0 Å². The first-order chi connectivity index (χ1) is 12.5. The van der Waals surface area contributed by atoms with Crippen molar-refractivity contribution >= 4 is 16.7 Å². The van der Waals surface area contributed by atoms with E-state index >= 15 is 0 Å². The number of benzene rings is 1. The van der Waals surface area contributed by atoms with Gasteiger partial charge in [-0.3, -0.25) is 0 Å². The molecule has 3 heterocycles. The molecule has 1 aromatic carbocycles. The smallest absolute Gasteiger partial charge is 0.161 e. The van der Waals surface area contributed by atoms with Gasteiger partial charge < -0.3 is 14.7 Å². The van der Waals surface area contributed by atoms with Crippen molar-refractivity contribution < 1.29 is 9.84 Å². The highest BCUT2D eigenvalue weighted by molar-refractivity contribution is 5.94. The van der Waals surface area contributed by atoms with Crippen LogP contribution in [0, 0.1) is 6.92 Å². The molecule has 0 amide bonds. The molecule has 1 aliphatic heterocycles. The number of anilines is 1. The van der Waals surface area contributed by atoms with E-state index in [1.54, 1.807) is 12.1 Å². The number of aromatic nitrogens is 3. The van der Waals surface area contributed by atoms with E-state index in [9.17, 15) is 5.11 Å². The predicted molar refractivity (Wildman–Crippen MR) is 103 cm³/mol. The van der Waals surface area contributed by atoms with E-state index in [1.807, 2.05) is 23.7 Å². The van der Waals surface area contributed by atoms with Crippen LogP contribution >= 0.6 is 0 Å². The quantitative estimate of drug-likeness (QED) is 0.781. The van der Waals surface area contributed by atoms with Gasteiger partial charge in [0.05, 0.1) is 35.7 Å². The summed E-state index contributed by atoms with van der Waals surface area (Å²) in [6.45, 7) is 9.42. The molecule has 1 saturated heterocycles. The maximum absolute atomic E-state index is 9.88. The SMILES string of the molecule is Cc1nn(C(C)C)c2nc(-c3cccc(O)c3)cc(N3CCOCC3)c12. The molecule has 1 fully saturated rings. The molecule has 136 valence electrons. The monoisotopic (exact) mass is 352 g/mol. The normalized spacial score (nSPS) is 15.2. The fourth-order valence-electron chi connectivity index (χ4n) is 3.52. The Morgan fingerprint density at radius 1 is 1.15 bits per heavy atom. The molecular formula is C20H24N4O2. The van der Waals surface area contributed by atoms with Crippen LogP contribution in [0.5, 0.6) is 5.75 Å². The molecule has 0 radical (unpaired) electrons. The molecule has 1 aliphatic rings. The number of hydrogen-bond donors (Lipinski definition) is 1. The first-order valence-corrected chi connectivity index (χ1v) is 9.06. The Kier molecular flexibility index (Phi) is 4.28. The van der Waals surface area contributed by atoms with Crippen molar-refractivity contribution in [2.45, 2.75) is 26.8 Å². The molecule has 4 rings (SSSR count). The van der Waals surface area contributed by atoms with E-state index in [2.05, 4.69) is 24.8 Å². The van der Waals surface area contributed by atoms with Crippen LogP contribution in [-0.4, -0.2) is 46.2 Å². The van der Waals surface area contributed by atoms with E-state index < -0.39 is 0 Å². The average molecular weight is 352 g/mol. The number of aryl methyl sites for hydroxylation is 1. The molecular weight excluding hydrogens is 328 g/mol.